The van der Waals surface area contributed by atoms with Crippen LogP contribution in [-0.4, -0.2) is 31.6 Å². The zero-order valence-corrected chi connectivity index (χ0v) is 16.5. The molecule has 0 unspecified atom stereocenters. The van der Waals surface area contributed by atoms with Gasteiger partial charge in [-0.3, -0.25) is 19.5 Å². The standard InChI is InChI=1S/C20H19ClN6O2/c1-13-7-19-26(5-2-6-27(19)25-13)20(29)4-3-18(28)24-17-9-15(11-23-17)14-8-16(21)12-22-10-14/h2,5,7-12,23H,3-4,6H2,1H3,(H,24,28). The Morgan fingerprint density at radius 2 is 2.07 bits per heavy atom. The largest absolute Gasteiger partial charge is 0.348 e. The molecule has 0 atom stereocenters. The maximum atomic E-state index is 12.6. The minimum atomic E-state index is -0.248. The number of nitrogens with one attached hydrogen (secondary N) is 2. The van der Waals surface area contributed by atoms with Crippen molar-refractivity contribution in [3.63, 3.8) is 0 Å². The number of carbonyl (C=O) groups excluding carboxylic acids is 2. The van der Waals surface area contributed by atoms with Crippen LogP contribution in [0.1, 0.15) is 18.5 Å². The molecule has 0 bridgehead atoms. The smallest absolute Gasteiger partial charge is 0.232 e. The summed E-state index contributed by atoms with van der Waals surface area (Å²) in [7, 11) is 0. The van der Waals surface area contributed by atoms with Crippen LogP contribution < -0.4 is 10.2 Å². The van der Waals surface area contributed by atoms with Gasteiger partial charge in [-0.25, -0.2) is 4.68 Å². The van der Waals surface area contributed by atoms with Crippen molar-refractivity contribution in [3.8, 4) is 11.1 Å². The zero-order valence-electron chi connectivity index (χ0n) is 15.7. The summed E-state index contributed by atoms with van der Waals surface area (Å²) in [5, 5.41) is 7.66. The molecule has 0 aliphatic carbocycles. The first-order chi connectivity index (χ1) is 14.0. The Bertz CT molecular complexity index is 1100. The van der Waals surface area contributed by atoms with Gasteiger partial charge in [0.25, 0.3) is 0 Å². The van der Waals surface area contributed by atoms with Gasteiger partial charge in [-0.05, 0) is 25.1 Å². The number of fused-ring (bicyclic) bond motifs is 1. The first kappa shape index (κ1) is 18.9. The van der Waals surface area contributed by atoms with E-state index in [0.29, 0.717) is 17.4 Å². The van der Waals surface area contributed by atoms with Gasteiger partial charge in [-0.2, -0.15) is 5.10 Å². The predicted molar refractivity (Wildman–Crippen MR) is 110 cm³/mol. The first-order valence-electron chi connectivity index (χ1n) is 9.12. The molecular formula is C20H19ClN6O2. The van der Waals surface area contributed by atoms with Crippen molar-refractivity contribution in [3.05, 3.63) is 59.8 Å². The summed E-state index contributed by atoms with van der Waals surface area (Å²) < 4.78 is 1.76. The number of H-pyrrole nitrogens is 1. The molecule has 2 N–H and O–H groups in total. The van der Waals surface area contributed by atoms with E-state index in [-0.39, 0.29) is 24.7 Å². The summed E-state index contributed by atoms with van der Waals surface area (Å²) in [5.74, 6) is 0.861. The highest BCUT2D eigenvalue weighted by Gasteiger charge is 2.21. The van der Waals surface area contributed by atoms with Crippen LogP contribution in [0.3, 0.4) is 0 Å². The Morgan fingerprint density at radius 3 is 2.90 bits per heavy atom. The van der Waals surface area contributed by atoms with Gasteiger partial charge >= 0.3 is 0 Å². The number of aryl methyl sites for hydroxylation is 1. The normalized spacial score (nSPS) is 12.7. The molecule has 3 aromatic rings. The summed E-state index contributed by atoms with van der Waals surface area (Å²) in [4.78, 5) is 33.4. The molecule has 1 aliphatic heterocycles. The number of aromatic amines is 1. The van der Waals surface area contributed by atoms with E-state index in [9.17, 15) is 9.59 Å². The fourth-order valence-electron chi connectivity index (χ4n) is 3.16. The number of amides is 2. The van der Waals surface area contributed by atoms with E-state index < -0.39 is 0 Å². The number of pyridine rings is 1. The molecule has 4 rings (SSSR count). The second kappa shape index (κ2) is 7.92. The summed E-state index contributed by atoms with van der Waals surface area (Å²) in [6.07, 6.45) is 8.77. The molecule has 9 heteroatoms. The number of carbonyl (C=O) groups is 2. The topological polar surface area (TPSA) is 95.9 Å². The number of hydrogen-bond donors (Lipinski definition) is 2. The van der Waals surface area contributed by atoms with E-state index in [1.54, 1.807) is 41.6 Å². The van der Waals surface area contributed by atoms with Crippen LogP contribution in [0, 0.1) is 6.92 Å². The van der Waals surface area contributed by atoms with E-state index in [0.717, 1.165) is 22.6 Å². The van der Waals surface area contributed by atoms with Crippen LogP contribution in [-0.2, 0) is 16.1 Å². The van der Waals surface area contributed by atoms with E-state index in [1.807, 2.05) is 19.1 Å². The van der Waals surface area contributed by atoms with Gasteiger partial charge in [-0.1, -0.05) is 11.6 Å². The summed E-state index contributed by atoms with van der Waals surface area (Å²) in [6, 6.07) is 5.44. The number of allylic oxidation sites excluding steroid dienone is 1. The number of anilines is 2. The van der Waals surface area contributed by atoms with Gasteiger partial charge in [0.1, 0.15) is 11.6 Å². The van der Waals surface area contributed by atoms with Crippen molar-refractivity contribution in [2.75, 3.05) is 10.2 Å². The highest BCUT2D eigenvalue weighted by molar-refractivity contribution is 6.30. The molecule has 0 fully saturated rings. The molecule has 29 heavy (non-hydrogen) atoms. The van der Waals surface area contributed by atoms with Crippen molar-refractivity contribution < 1.29 is 9.59 Å². The van der Waals surface area contributed by atoms with Crippen LogP contribution in [0.4, 0.5) is 11.6 Å². The van der Waals surface area contributed by atoms with Crippen LogP contribution in [0.15, 0.2) is 49.1 Å². The number of hydrogen-bond acceptors (Lipinski definition) is 4. The molecule has 0 saturated heterocycles. The summed E-state index contributed by atoms with van der Waals surface area (Å²) in [6.45, 7) is 2.51. The first-order valence-corrected chi connectivity index (χ1v) is 9.50. The Hall–Kier alpha value is -3.39. The maximum Gasteiger partial charge on any atom is 0.232 e. The number of aromatic nitrogens is 4. The Morgan fingerprint density at radius 1 is 1.21 bits per heavy atom. The Labute approximate surface area is 172 Å². The predicted octanol–water partition coefficient (Wildman–Crippen LogP) is 3.51. The maximum absolute atomic E-state index is 12.6. The van der Waals surface area contributed by atoms with Gasteiger partial charge < -0.3 is 10.3 Å². The zero-order chi connectivity index (χ0) is 20.4. The minimum absolute atomic E-state index is 0.0728. The molecule has 4 heterocycles. The lowest BCUT2D eigenvalue weighted by Crippen LogP contribution is -2.30. The van der Waals surface area contributed by atoms with E-state index >= 15 is 0 Å². The Kier molecular flexibility index (Phi) is 5.18. The van der Waals surface area contributed by atoms with E-state index in [4.69, 9.17) is 11.6 Å². The van der Waals surface area contributed by atoms with Crippen molar-refractivity contribution >= 4 is 35.1 Å². The molecule has 0 spiro atoms. The van der Waals surface area contributed by atoms with Gasteiger partial charge in [0, 0.05) is 54.8 Å². The van der Waals surface area contributed by atoms with Crippen molar-refractivity contribution in [2.24, 2.45) is 0 Å². The van der Waals surface area contributed by atoms with Gasteiger partial charge in [0.2, 0.25) is 11.8 Å². The third-order valence-corrected chi connectivity index (χ3v) is 4.70. The molecule has 148 valence electrons. The van der Waals surface area contributed by atoms with Gasteiger partial charge in [0.05, 0.1) is 17.3 Å². The van der Waals surface area contributed by atoms with Crippen LogP contribution in [0.5, 0.6) is 0 Å². The number of halogens is 1. The van der Waals surface area contributed by atoms with Gasteiger partial charge in [0.15, 0.2) is 0 Å². The van der Waals surface area contributed by atoms with Crippen molar-refractivity contribution in [2.45, 2.75) is 26.3 Å². The molecule has 0 aromatic carbocycles. The molecule has 0 radical (unpaired) electrons. The van der Waals surface area contributed by atoms with Gasteiger partial charge in [-0.15, -0.1) is 0 Å². The van der Waals surface area contributed by atoms with Crippen LogP contribution in [0.25, 0.3) is 11.1 Å². The molecule has 3 aromatic heterocycles. The average molecular weight is 411 g/mol. The Balaban J connectivity index is 1.34. The highest BCUT2D eigenvalue weighted by atomic mass is 35.5. The average Bonchev–Trinajstić information content (AvgIpc) is 3.31. The lowest BCUT2D eigenvalue weighted by atomic mass is 10.1. The minimum Gasteiger partial charge on any atom is -0.348 e. The highest BCUT2D eigenvalue weighted by Crippen LogP contribution is 2.24. The lowest BCUT2D eigenvalue weighted by molar-refractivity contribution is -0.122. The summed E-state index contributed by atoms with van der Waals surface area (Å²) in [5.41, 5.74) is 2.54. The third kappa shape index (κ3) is 4.22. The molecule has 2 amide bonds. The quantitative estimate of drug-likeness (QED) is 0.672. The number of rotatable bonds is 5. The third-order valence-electron chi connectivity index (χ3n) is 4.49. The molecule has 8 nitrogen and oxygen atoms in total. The van der Waals surface area contributed by atoms with E-state index in [2.05, 4.69) is 20.4 Å². The fraction of sp³-hybridized carbons (Fsp3) is 0.200. The second-order valence-electron chi connectivity index (χ2n) is 6.72. The lowest BCUT2D eigenvalue weighted by Gasteiger charge is -2.22. The number of nitrogens with zero attached hydrogens (tertiary/aromatic N) is 4. The van der Waals surface area contributed by atoms with Crippen LogP contribution in [0.2, 0.25) is 5.02 Å². The molecular weight excluding hydrogens is 392 g/mol. The summed E-state index contributed by atoms with van der Waals surface area (Å²) >= 11 is 5.97. The fourth-order valence-corrected chi connectivity index (χ4v) is 3.33. The molecule has 1 aliphatic rings. The van der Waals surface area contributed by atoms with Crippen LogP contribution >= 0.6 is 11.6 Å². The van der Waals surface area contributed by atoms with Crippen molar-refractivity contribution in [1.29, 1.82) is 0 Å². The molecule has 0 saturated carbocycles. The monoisotopic (exact) mass is 410 g/mol. The SMILES string of the molecule is Cc1cc2n(n1)CC=CN2C(=O)CCC(=O)Nc1cc(-c2cncc(Cl)c2)c[nH]1. The van der Waals surface area contributed by atoms with Crippen molar-refractivity contribution in [1.82, 2.24) is 19.7 Å². The second-order valence-corrected chi connectivity index (χ2v) is 7.15. The van der Waals surface area contributed by atoms with E-state index in [1.165, 1.54) is 4.90 Å².